The lowest BCUT2D eigenvalue weighted by Gasteiger charge is -2.22. The van der Waals surface area contributed by atoms with Crippen LogP contribution in [-0.2, 0) is 11.2 Å². The molecular formula is C30H34FNO4. The summed E-state index contributed by atoms with van der Waals surface area (Å²) in [5, 5.41) is 13.2. The number of aliphatic carboxylic acids is 1. The zero-order valence-corrected chi connectivity index (χ0v) is 21.6. The van der Waals surface area contributed by atoms with Gasteiger partial charge in [-0.25, -0.2) is 4.39 Å². The highest BCUT2D eigenvalue weighted by Gasteiger charge is 2.34. The number of aryl methyl sites for hydroxylation is 1. The Morgan fingerprint density at radius 3 is 2.64 bits per heavy atom. The van der Waals surface area contributed by atoms with Crippen molar-refractivity contribution in [3.05, 3.63) is 76.8 Å². The maximum absolute atomic E-state index is 14.9. The second-order valence-electron chi connectivity index (χ2n) is 9.13. The fraction of sp³-hybridized carbons (Fsp3) is 0.333. The third-order valence-electron chi connectivity index (χ3n) is 6.27. The molecule has 0 bridgehead atoms. The Morgan fingerprint density at radius 1 is 1.19 bits per heavy atom. The van der Waals surface area contributed by atoms with Crippen molar-refractivity contribution < 1.29 is 23.6 Å². The van der Waals surface area contributed by atoms with Gasteiger partial charge in [-0.05, 0) is 65.7 Å². The van der Waals surface area contributed by atoms with Gasteiger partial charge in [0.1, 0.15) is 17.3 Å². The molecule has 1 aliphatic rings. The molecular weight excluding hydrogens is 457 g/mol. The van der Waals surface area contributed by atoms with Crippen molar-refractivity contribution in [2.75, 3.05) is 7.11 Å². The van der Waals surface area contributed by atoms with E-state index in [2.05, 4.69) is 25.1 Å². The van der Waals surface area contributed by atoms with Gasteiger partial charge in [0.15, 0.2) is 5.76 Å². The lowest BCUT2D eigenvalue weighted by molar-refractivity contribution is -0.136. The molecule has 0 atom stereocenters. The molecule has 0 unspecified atom stereocenters. The van der Waals surface area contributed by atoms with Crippen LogP contribution in [-0.4, -0.2) is 23.3 Å². The standard InChI is InChI=1S/C28H28FNO4.C2H6/c1-28(2)15-5-8-22(28)26-24(13-9-18-6-4-7-19(16-18)10-14-25(31)32)34-30-27(26)21-17-20(33-3)11-12-23(21)29;1-2/h4,6-9,11-13,16-17H,5,10,14-15H2,1-3H3,(H,31,32);1-2H3/b13-9+;. The van der Waals surface area contributed by atoms with Crippen LogP contribution < -0.4 is 4.74 Å². The quantitative estimate of drug-likeness (QED) is 0.347. The van der Waals surface area contributed by atoms with Crippen LogP contribution in [0.15, 0.2) is 53.1 Å². The van der Waals surface area contributed by atoms with Gasteiger partial charge in [0.2, 0.25) is 0 Å². The lowest BCUT2D eigenvalue weighted by atomic mass is 9.80. The van der Waals surface area contributed by atoms with E-state index >= 15 is 0 Å². The fourth-order valence-electron chi connectivity index (χ4n) is 4.38. The van der Waals surface area contributed by atoms with Crippen molar-refractivity contribution >= 4 is 23.7 Å². The van der Waals surface area contributed by atoms with Gasteiger partial charge in [0, 0.05) is 12.0 Å². The van der Waals surface area contributed by atoms with Crippen molar-refractivity contribution in [1.82, 2.24) is 5.16 Å². The molecule has 6 heteroatoms. The smallest absolute Gasteiger partial charge is 0.303 e. The predicted octanol–water partition coefficient (Wildman–Crippen LogP) is 7.91. The van der Waals surface area contributed by atoms with Gasteiger partial charge >= 0.3 is 5.97 Å². The number of hydrogen-bond donors (Lipinski definition) is 1. The molecule has 2 aromatic carbocycles. The Labute approximate surface area is 212 Å². The van der Waals surface area contributed by atoms with E-state index < -0.39 is 11.8 Å². The van der Waals surface area contributed by atoms with Crippen LogP contribution in [0.4, 0.5) is 4.39 Å². The summed E-state index contributed by atoms with van der Waals surface area (Å²) in [6, 6.07) is 12.3. The number of hydrogen-bond acceptors (Lipinski definition) is 4. The lowest BCUT2D eigenvalue weighted by Crippen LogP contribution is -2.10. The fourth-order valence-corrected chi connectivity index (χ4v) is 4.38. The number of methoxy groups -OCH3 is 1. The highest BCUT2D eigenvalue weighted by atomic mass is 19.1. The van der Waals surface area contributed by atoms with Crippen LogP contribution in [0.1, 0.15) is 69.4 Å². The number of benzene rings is 2. The number of nitrogens with zero attached hydrogens (tertiary/aromatic N) is 1. The number of allylic oxidation sites excluding steroid dienone is 2. The van der Waals surface area contributed by atoms with Gasteiger partial charge in [-0.1, -0.05) is 69.3 Å². The van der Waals surface area contributed by atoms with Crippen molar-refractivity contribution in [2.45, 2.75) is 53.4 Å². The zero-order chi connectivity index (χ0) is 26.3. The van der Waals surface area contributed by atoms with E-state index in [-0.39, 0.29) is 11.8 Å². The Bertz CT molecular complexity index is 1270. The first kappa shape index (κ1) is 26.9. The first-order valence-electron chi connectivity index (χ1n) is 12.3. The molecule has 190 valence electrons. The van der Waals surface area contributed by atoms with E-state index in [1.807, 2.05) is 50.3 Å². The molecule has 1 aromatic heterocycles. The van der Waals surface area contributed by atoms with E-state index in [0.717, 1.165) is 35.1 Å². The van der Waals surface area contributed by atoms with Gasteiger partial charge in [0.05, 0.1) is 12.7 Å². The van der Waals surface area contributed by atoms with Crippen LogP contribution >= 0.6 is 0 Å². The van der Waals surface area contributed by atoms with Gasteiger partial charge in [-0.15, -0.1) is 0 Å². The molecule has 0 saturated heterocycles. The number of ether oxygens (including phenoxy) is 1. The number of halogens is 1. The molecule has 0 fully saturated rings. The molecule has 0 saturated carbocycles. The topological polar surface area (TPSA) is 72.6 Å². The molecule has 0 spiro atoms. The Balaban J connectivity index is 0.00000176. The number of rotatable bonds is 8. The Hall–Kier alpha value is -3.67. The minimum absolute atomic E-state index is 0.0815. The molecule has 36 heavy (non-hydrogen) atoms. The maximum atomic E-state index is 14.9. The van der Waals surface area contributed by atoms with E-state index in [0.29, 0.717) is 29.2 Å². The SMILES string of the molecule is CC.COc1ccc(F)c(-c2noc(/C=C/c3cccc(CCC(=O)O)c3)c2C2=CCCC2(C)C)c1. The average Bonchev–Trinajstić information content (AvgIpc) is 3.44. The van der Waals surface area contributed by atoms with Crippen molar-refractivity contribution in [3.8, 4) is 17.0 Å². The molecule has 5 nitrogen and oxygen atoms in total. The van der Waals surface area contributed by atoms with E-state index in [1.54, 1.807) is 19.2 Å². The van der Waals surface area contributed by atoms with E-state index in [9.17, 15) is 9.18 Å². The van der Waals surface area contributed by atoms with Gasteiger partial charge in [-0.2, -0.15) is 0 Å². The number of aromatic nitrogens is 1. The highest BCUT2D eigenvalue weighted by Crippen LogP contribution is 2.48. The van der Waals surface area contributed by atoms with Crippen molar-refractivity contribution in [1.29, 1.82) is 0 Å². The van der Waals surface area contributed by atoms with Gasteiger partial charge in [0.25, 0.3) is 0 Å². The number of carboxylic acids is 1. The van der Waals surface area contributed by atoms with E-state index in [1.165, 1.54) is 6.07 Å². The molecule has 0 amide bonds. The minimum atomic E-state index is -0.822. The summed E-state index contributed by atoms with van der Waals surface area (Å²) in [5.41, 5.74) is 4.41. The third-order valence-corrected chi connectivity index (χ3v) is 6.27. The third kappa shape index (κ3) is 6.11. The summed E-state index contributed by atoms with van der Waals surface area (Å²) in [6.45, 7) is 8.34. The summed E-state index contributed by atoms with van der Waals surface area (Å²) >= 11 is 0. The molecule has 0 radical (unpaired) electrons. The van der Waals surface area contributed by atoms with E-state index in [4.69, 9.17) is 14.4 Å². The normalized spacial score (nSPS) is 14.3. The summed E-state index contributed by atoms with van der Waals surface area (Å²) in [5.74, 6) is -0.125. The Morgan fingerprint density at radius 2 is 1.97 bits per heavy atom. The number of carbonyl (C=O) groups is 1. The minimum Gasteiger partial charge on any atom is -0.497 e. The number of carboxylic acid groups (broad SMARTS) is 1. The molecule has 0 aliphatic heterocycles. The van der Waals surface area contributed by atoms with Crippen LogP contribution in [0.2, 0.25) is 0 Å². The van der Waals surface area contributed by atoms with Crippen LogP contribution in [0.25, 0.3) is 29.0 Å². The second kappa shape index (κ2) is 11.8. The van der Waals surface area contributed by atoms with Crippen LogP contribution in [0.5, 0.6) is 5.75 Å². The molecule has 3 aromatic rings. The first-order chi connectivity index (χ1) is 17.3. The van der Waals surface area contributed by atoms with Crippen molar-refractivity contribution in [3.63, 3.8) is 0 Å². The molecule has 1 aliphatic carbocycles. The zero-order valence-electron chi connectivity index (χ0n) is 21.6. The second-order valence-corrected chi connectivity index (χ2v) is 9.13. The van der Waals surface area contributed by atoms with Gasteiger partial charge in [-0.3, -0.25) is 4.79 Å². The molecule has 4 rings (SSSR count). The molecule has 1 N–H and O–H groups in total. The average molecular weight is 492 g/mol. The Kier molecular flexibility index (Phi) is 8.86. The largest absolute Gasteiger partial charge is 0.497 e. The maximum Gasteiger partial charge on any atom is 0.303 e. The summed E-state index contributed by atoms with van der Waals surface area (Å²) in [7, 11) is 1.54. The molecule has 1 heterocycles. The van der Waals surface area contributed by atoms with Gasteiger partial charge < -0.3 is 14.4 Å². The van der Waals surface area contributed by atoms with Crippen LogP contribution in [0, 0.1) is 11.2 Å². The monoisotopic (exact) mass is 491 g/mol. The first-order valence-corrected chi connectivity index (χ1v) is 12.3. The summed E-state index contributed by atoms with van der Waals surface area (Å²) < 4.78 is 25.9. The van der Waals surface area contributed by atoms with Crippen LogP contribution in [0.3, 0.4) is 0 Å². The summed E-state index contributed by atoms with van der Waals surface area (Å²) in [6.07, 6.45) is 8.39. The highest BCUT2D eigenvalue weighted by molar-refractivity contribution is 5.88. The predicted molar refractivity (Wildman–Crippen MR) is 142 cm³/mol. The van der Waals surface area contributed by atoms with Crippen molar-refractivity contribution in [2.24, 2.45) is 5.41 Å². The summed E-state index contributed by atoms with van der Waals surface area (Å²) in [4.78, 5) is 10.9.